The molecule has 0 saturated heterocycles. The molecule has 82 heteroatoms. The van der Waals surface area contributed by atoms with Gasteiger partial charge in [-0.2, -0.15) is 5.53 Å². The van der Waals surface area contributed by atoms with Crippen molar-refractivity contribution in [3.63, 3.8) is 0 Å². The molecule has 3 aromatic rings. The zero-order chi connectivity index (χ0) is 87.2. The van der Waals surface area contributed by atoms with E-state index in [1.54, 1.807) is 37.4 Å². The number of hydrogen-bond acceptors (Lipinski definition) is 11. The third kappa shape index (κ3) is 73.2. The number of benzene rings is 3. The van der Waals surface area contributed by atoms with Crippen molar-refractivity contribution in [2.75, 3.05) is 38.9 Å². The van der Waals surface area contributed by atoms with Crippen LogP contribution < -0.4 is 20.6 Å². The number of nitrogens with two attached hydrogens (primary N) is 1. The van der Waals surface area contributed by atoms with Gasteiger partial charge in [-0.1, -0.05) is 53.8 Å². The molecule has 81 nitrogen and oxygen atoms in total. The molecule has 0 heterocycles. The van der Waals surface area contributed by atoms with Crippen molar-refractivity contribution in [2.24, 2.45) is 366 Å². The number of carbonyl (C=O) groups is 4. The maximum Gasteiger partial charge on any atom is 0.343 e. The molecule has 0 radical (unpaired) electrons. The number of ether oxygens (including phenoxy) is 5. The lowest BCUT2D eigenvalue weighted by atomic mass is 10.1. The van der Waals surface area contributed by atoms with E-state index in [0.29, 0.717) is 47.9 Å². The summed E-state index contributed by atoms with van der Waals surface area (Å²) in [5.74, 6) is 4.59. The first kappa shape index (κ1) is 101. The quantitative estimate of drug-likeness (QED) is 0.00912. The second kappa shape index (κ2) is 81.1. The van der Waals surface area contributed by atoms with Crippen LogP contribution in [0.15, 0.2) is 457 Å². The fourth-order valence-corrected chi connectivity index (χ4v) is 5.21. The predicted molar refractivity (Wildman–Crippen MR) is 368 cm³/mol. The number of rotatable bonds is 50. The van der Waals surface area contributed by atoms with Gasteiger partial charge in [0.2, 0.25) is 5.91 Å². The molecular weight excluding hydrogens is 1690 g/mol. The summed E-state index contributed by atoms with van der Waals surface area (Å²) < 4.78 is 25.9. The van der Waals surface area contributed by atoms with Crippen molar-refractivity contribution in [1.82, 2.24) is 0 Å². The number of amides is 1. The van der Waals surface area contributed by atoms with Crippen LogP contribution in [0.25, 0.3) is 0 Å². The van der Waals surface area contributed by atoms with Crippen molar-refractivity contribution < 1.29 is 42.9 Å². The first-order chi connectivity index (χ1) is 58.9. The number of anilines is 1. The zero-order valence-corrected chi connectivity index (χ0v) is 62.1. The average molecular weight is 1740 g/mol. The van der Waals surface area contributed by atoms with Gasteiger partial charge in [-0.3, -0.25) is 4.79 Å². The van der Waals surface area contributed by atoms with Gasteiger partial charge in [0.05, 0.1) is 31.1 Å². The summed E-state index contributed by atoms with van der Waals surface area (Å²) in [6, 6.07) is 20.0. The van der Waals surface area contributed by atoms with Crippen molar-refractivity contribution in [1.29, 1.82) is 5.53 Å². The highest BCUT2D eigenvalue weighted by Crippen LogP contribution is 2.28. The summed E-state index contributed by atoms with van der Waals surface area (Å²) in [5, 5.41) is 208. The standard InChI is InChI=1S/C16H14BrNO3.C14H18O3.C8H14O3.H3N71/c1-10-3-5-12(6-4-10)16(20)21-13-7-8-15(14(17)9-13)18-11(2)19;1-3-14(15)17-11-5-4-10-16-13-8-6-12(2)7-9-13;1-3-8(9)11-7-5-4-6-10-2;1-3-5-7-9-11-13-15-17-19-21-23-25-27-29-31-33-35-37-39-41-43-45-47-49-51-53-55-57-59-61-63-65-67-69-71-70-68-66-64-62-60-58-56-54-52-50-48-46-44-42-40-38-36-34-32-30-28-26-24-22-20-18-16-14-12-10-8-6-4-2/h3-9H,1-2H3,(H,18,19);3,6-9H,1,4-5,10-11H2,2H3;3H,1,4-7H2,2H3;(H3,1,2,5,6,9,10,13,14,17,18,21,22,25,26,29,30,33,34,37,38,41,42,45,46,49,50,53,54,57,58,61,62,65,66,69,70). The number of carbonyl (C=O) groups excluding carboxylic acids is 4. The van der Waals surface area contributed by atoms with E-state index in [4.69, 9.17) is 29.2 Å². The highest BCUT2D eigenvalue weighted by atomic mass is 79.9. The summed E-state index contributed by atoms with van der Waals surface area (Å²) in [7, 11) is 1.65. The van der Waals surface area contributed by atoms with Crippen LogP contribution >= 0.6 is 15.9 Å². The number of unbranched alkanes of at least 4 members (excludes halogenated alkanes) is 2. The summed E-state index contributed by atoms with van der Waals surface area (Å²) in [6.07, 6.45) is 5.75. The SMILES string of the molecule is C=CC(=O)OCCCCOC.C=CC(=O)OCCCCOc1ccc(C)cc1.CC(=O)Nc1ccc(OC(=O)c2ccc(C)cc2)cc1Br.N=N/N=N/N=N/N=N/N=N/N=N/N=N/N=N/N=N/N=N/N=N/N=N/N=N/N=N/N=N/N=N/N=N/N=N/N=N/N=N/N=N/N=N/N=N/N=N/N=N/N=N/N=N/N=N/N=N/N=N/N=N/N=N/N=N/N=N/N=N/N. The van der Waals surface area contributed by atoms with E-state index in [0.717, 1.165) is 43.1 Å². The van der Waals surface area contributed by atoms with E-state index >= 15 is 0 Å². The molecule has 0 unspecified atom stereocenters. The van der Waals surface area contributed by atoms with Gasteiger partial charge in [-0.05, 0) is 176 Å². The van der Waals surface area contributed by atoms with Crippen LogP contribution in [0.4, 0.5) is 5.69 Å². The van der Waals surface area contributed by atoms with Gasteiger partial charge in [0, 0.05) is 314 Å². The summed E-state index contributed by atoms with van der Waals surface area (Å²) in [6.45, 7) is 14.2. The molecule has 0 aromatic heterocycles. The molecule has 120 heavy (non-hydrogen) atoms. The smallest absolute Gasteiger partial charge is 0.343 e. The Labute approximate surface area is 668 Å². The molecule has 0 spiro atoms. The topological polar surface area (TPSA) is 1030 Å². The Bertz CT molecular complexity index is 4570. The largest absolute Gasteiger partial charge is 0.494 e. The molecule has 0 fully saturated rings. The number of nitrogens with zero attached hydrogens (tertiary/aromatic N) is 69. The average Bonchev–Trinajstić information content (AvgIpc) is 0.852. The molecule has 1 amide bonds. The maximum absolute atomic E-state index is 12.0. The van der Waals surface area contributed by atoms with Crippen molar-refractivity contribution in [2.45, 2.75) is 46.5 Å². The maximum atomic E-state index is 12.0. The molecule has 0 atom stereocenters. The van der Waals surface area contributed by atoms with E-state index in [9.17, 15) is 19.2 Å². The van der Waals surface area contributed by atoms with E-state index in [1.807, 2.05) is 50.2 Å². The summed E-state index contributed by atoms with van der Waals surface area (Å²) in [5.41, 5.74) is 9.67. The first-order valence-electron chi connectivity index (χ1n) is 29.7. The Morgan fingerprint density at radius 1 is 0.358 bits per heavy atom. The van der Waals surface area contributed by atoms with Crippen molar-refractivity contribution in [3.05, 3.63) is 113 Å². The van der Waals surface area contributed by atoms with Crippen LogP contribution in [-0.2, 0) is 28.6 Å². The van der Waals surface area contributed by atoms with Gasteiger partial charge in [0.1, 0.15) is 11.5 Å². The minimum atomic E-state index is -0.422. The van der Waals surface area contributed by atoms with Crippen LogP contribution in [-0.4, -0.2) is 57.4 Å². The van der Waals surface area contributed by atoms with E-state index in [1.165, 1.54) is 18.6 Å². The van der Waals surface area contributed by atoms with Crippen LogP contribution in [0, 0.1) is 19.4 Å². The van der Waals surface area contributed by atoms with Gasteiger partial charge in [-0.15, -0.1) is 0 Å². The molecule has 3 aromatic carbocycles. The van der Waals surface area contributed by atoms with Gasteiger partial charge >= 0.3 is 17.9 Å². The zero-order valence-electron chi connectivity index (χ0n) is 60.6. The van der Waals surface area contributed by atoms with Crippen LogP contribution in [0.5, 0.6) is 11.5 Å². The minimum absolute atomic E-state index is 0.167. The molecule has 3 rings (SSSR count). The molecule has 0 aliphatic carbocycles. The van der Waals surface area contributed by atoms with Crippen molar-refractivity contribution in [3.8, 4) is 11.5 Å². The van der Waals surface area contributed by atoms with Crippen LogP contribution in [0.2, 0.25) is 0 Å². The second-order valence-electron chi connectivity index (χ2n) is 16.6. The van der Waals surface area contributed by atoms with Crippen LogP contribution in [0.1, 0.15) is 54.1 Å². The lowest BCUT2D eigenvalue weighted by Gasteiger charge is -2.08. The van der Waals surface area contributed by atoms with Crippen LogP contribution in [0.3, 0.4) is 0 Å². The second-order valence-corrected chi connectivity index (χ2v) is 17.5. The van der Waals surface area contributed by atoms with E-state index in [-0.39, 0.29) is 17.8 Å². The number of aryl methyl sites for hydroxylation is 2. The summed E-state index contributed by atoms with van der Waals surface area (Å²) >= 11 is 3.33. The third-order valence-corrected chi connectivity index (χ3v) is 9.53. The lowest BCUT2D eigenvalue weighted by molar-refractivity contribution is -0.138. The fraction of sp³-hybridized carbons (Fsp3) is 0.316. The Kier molecular flexibility index (Phi) is 68.3. The molecule has 0 aliphatic heterocycles. The minimum Gasteiger partial charge on any atom is -0.494 e. The lowest BCUT2D eigenvalue weighted by Crippen LogP contribution is -2.09. The number of methoxy groups -OCH3 is 1. The summed E-state index contributed by atoms with van der Waals surface area (Å²) in [4.78, 5) is 44.2. The Balaban J connectivity index is 0.00000227. The Morgan fingerprint density at radius 2 is 0.600 bits per heavy atom. The van der Waals surface area contributed by atoms with E-state index in [2.05, 4.69) is 401 Å². The molecule has 0 aliphatic rings. The number of halogens is 1. The van der Waals surface area contributed by atoms with Gasteiger partial charge < -0.3 is 34.8 Å². The molecule has 4 N–H and O–H groups in total. The van der Waals surface area contributed by atoms with Crippen molar-refractivity contribution >= 4 is 45.4 Å². The Hall–Kier alpha value is -18.9. The highest BCUT2D eigenvalue weighted by molar-refractivity contribution is 9.10. The normalized spacial score (nSPS) is 13.1. The predicted octanol–water partition coefficient (Wildman–Crippen LogP) is 20.3. The molecule has 622 valence electrons. The van der Waals surface area contributed by atoms with E-state index < -0.39 is 5.97 Å². The first-order valence-corrected chi connectivity index (χ1v) is 30.5. The molecule has 0 saturated carbocycles. The number of nitrogens with one attached hydrogen (secondary N) is 2. The van der Waals surface area contributed by atoms with Gasteiger partial charge in [0.15, 0.2) is 0 Å². The molecular formula is C38H49BrN72O9. The fourth-order valence-electron chi connectivity index (χ4n) is 4.75. The monoisotopic (exact) mass is 1740 g/mol. The number of hydrogen-bond donors (Lipinski definition) is 3. The Morgan fingerprint density at radius 3 is 0.842 bits per heavy atom. The van der Waals surface area contributed by atoms with Gasteiger partial charge in [0.25, 0.3) is 0 Å². The highest BCUT2D eigenvalue weighted by Gasteiger charge is 2.11. The van der Waals surface area contributed by atoms with Gasteiger partial charge in [-0.25, -0.2) is 14.4 Å². The third-order valence-electron chi connectivity index (χ3n) is 8.88. The molecule has 0 bridgehead atoms. The number of esters is 3.